The predicted octanol–water partition coefficient (Wildman–Crippen LogP) is 16.7. The zero-order valence-corrected chi connectivity index (χ0v) is 50.8. The Kier molecular flexibility index (Phi) is 23.8. The third-order valence-corrected chi connectivity index (χ3v) is 16.7. The van der Waals surface area contributed by atoms with Crippen molar-refractivity contribution in [3.8, 4) is 17.2 Å². The second-order valence-electron chi connectivity index (χ2n) is 22.3. The van der Waals surface area contributed by atoms with Gasteiger partial charge >= 0.3 is 0 Å². The van der Waals surface area contributed by atoms with Gasteiger partial charge in [0.1, 0.15) is 17.2 Å². The van der Waals surface area contributed by atoms with Gasteiger partial charge in [0.2, 0.25) is 0 Å². The minimum Gasteiger partial charge on any atom is -0.508 e. The number of piperazine rings is 2. The van der Waals surface area contributed by atoms with Gasteiger partial charge in [0.05, 0.1) is 24.7 Å². The van der Waals surface area contributed by atoms with E-state index in [-0.39, 0.29) is 44.0 Å². The summed E-state index contributed by atoms with van der Waals surface area (Å²) in [6, 6.07) is 79.0. The van der Waals surface area contributed by atoms with Gasteiger partial charge in [-0.25, -0.2) is 0 Å². The number of benzene rings is 9. The largest absolute Gasteiger partial charge is 0.508 e. The Bertz CT molecular complexity index is 3390. The fraction of sp³-hybridized carbons (Fsp3) is 0.260. The maximum absolute atomic E-state index is 9.82. The number of aliphatic hydroxyl groups is 1. The smallest absolute Gasteiger partial charge is 0.115 e. The number of nitrogens with one attached hydrogen (secondary N) is 1. The van der Waals surface area contributed by atoms with Gasteiger partial charge in [-0.2, -0.15) is 0 Å². The second-order valence-corrected chi connectivity index (χ2v) is 23.6. The lowest BCUT2D eigenvalue weighted by atomic mass is 9.97. The summed E-state index contributed by atoms with van der Waals surface area (Å²) in [5, 5.41) is 44.5. The molecule has 2 aliphatic heterocycles. The number of hydrogen-bond donors (Lipinski definition) is 5. The van der Waals surface area contributed by atoms with Crippen LogP contribution >= 0.6 is 34.8 Å². The molecule has 5 N–H and O–H groups in total. The molecule has 86 heavy (non-hydrogen) atoms. The number of anilines is 3. The number of rotatable bonds is 17. The first-order chi connectivity index (χ1) is 41.2. The van der Waals surface area contributed by atoms with Crippen molar-refractivity contribution in [3.63, 3.8) is 0 Å². The average Bonchev–Trinajstić information content (AvgIpc) is 2.16. The van der Waals surface area contributed by atoms with Crippen LogP contribution in [0.5, 0.6) is 17.2 Å². The van der Waals surface area contributed by atoms with E-state index in [4.69, 9.17) is 34.8 Å². The summed E-state index contributed by atoms with van der Waals surface area (Å²) in [4.78, 5) is 12.2. The molecule has 10 nitrogen and oxygen atoms in total. The minimum absolute atomic E-state index is 0. The molecule has 0 unspecified atom stereocenters. The van der Waals surface area contributed by atoms with Gasteiger partial charge < -0.3 is 35.5 Å². The lowest BCUT2D eigenvalue weighted by Gasteiger charge is -2.47. The fourth-order valence-corrected chi connectivity index (χ4v) is 11.8. The van der Waals surface area contributed by atoms with Crippen LogP contribution in [0.2, 0.25) is 15.1 Å². The highest BCUT2D eigenvalue weighted by Crippen LogP contribution is 2.37. The molecule has 2 saturated heterocycles. The van der Waals surface area contributed by atoms with Crippen LogP contribution < -0.4 is 15.1 Å². The van der Waals surface area contributed by atoms with E-state index in [0.717, 1.165) is 78.5 Å². The second kappa shape index (κ2) is 31.8. The van der Waals surface area contributed by atoms with E-state index in [0.29, 0.717) is 35.2 Å². The van der Waals surface area contributed by atoms with Gasteiger partial charge in [-0.05, 0) is 163 Å². The van der Waals surface area contributed by atoms with Crippen LogP contribution in [0.15, 0.2) is 237 Å². The van der Waals surface area contributed by atoms with Crippen LogP contribution in [0.4, 0.5) is 17.1 Å². The van der Waals surface area contributed by atoms with Crippen molar-refractivity contribution in [2.45, 2.75) is 84.1 Å². The lowest BCUT2D eigenvalue weighted by Crippen LogP contribution is -2.53. The van der Waals surface area contributed by atoms with Crippen molar-refractivity contribution in [2.75, 3.05) is 54.4 Å². The van der Waals surface area contributed by atoms with E-state index in [1.807, 2.05) is 110 Å². The number of nitrogens with zero attached hydrogens (tertiary/aromatic N) is 5. The standard InChI is InChI=1S/C24H27ClN2O2.2C24H25ClN2O.CH4/c1-18(17-28)27(15-19-5-3-2-4-6-19)16-24(20-7-9-21(25)10-8-20)26-22-11-13-23(29)14-12-22;1-18-15-27(22-11-13-23(28)14-12-22)24(20-7-9-21(25)10-8-20)17-26(18)16-19-5-3-2-4-6-19;1-18-15-26(16-19-5-3-2-4-6-19)17-24(20-7-9-21(25)10-8-20)27(18)22-11-13-23(28)14-12-22;/h2-14,18,24,26,28-29H,15-17H2,1H3;2*2-14,18,24,28H,15-17H2,1H3;1H4/t3*18-,24+;/m111./s1. The number of aromatic hydroxyl groups is 3. The van der Waals surface area contributed by atoms with Gasteiger partial charge in [0.15, 0.2) is 0 Å². The van der Waals surface area contributed by atoms with Gasteiger partial charge in [-0.3, -0.25) is 14.7 Å². The minimum atomic E-state index is -0.0190. The zero-order chi connectivity index (χ0) is 59.7. The highest BCUT2D eigenvalue weighted by Gasteiger charge is 2.35. The van der Waals surface area contributed by atoms with Crippen LogP contribution in [0.1, 0.15) is 79.7 Å². The topological polar surface area (TPSA) is 109 Å². The highest BCUT2D eigenvalue weighted by atomic mass is 35.5. The fourth-order valence-electron chi connectivity index (χ4n) is 11.4. The van der Waals surface area contributed by atoms with Crippen molar-refractivity contribution in [1.29, 1.82) is 0 Å². The number of aliphatic hydroxyl groups excluding tert-OH is 1. The highest BCUT2D eigenvalue weighted by molar-refractivity contribution is 6.31. The molecule has 0 saturated carbocycles. The average molecular weight is 1210 g/mol. The van der Waals surface area contributed by atoms with Gasteiger partial charge in [-0.15, -0.1) is 0 Å². The lowest BCUT2D eigenvalue weighted by molar-refractivity contribution is 0.123. The van der Waals surface area contributed by atoms with Gasteiger partial charge in [-0.1, -0.05) is 170 Å². The first-order valence-electron chi connectivity index (χ1n) is 29.1. The predicted molar refractivity (Wildman–Crippen MR) is 358 cm³/mol. The number of phenolic OH excluding ortho intramolecular Hbond substituents is 3. The van der Waals surface area contributed by atoms with E-state index in [2.05, 4.69) is 141 Å². The third-order valence-electron chi connectivity index (χ3n) is 16.0. The molecule has 0 spiro atoms. The summed E-state index contributed by atoms with van der Waals surface area (Å²) in [5.74, 6) is 0.822. The Labute approximate surface area is 524 Å². The van der Waals surface area contributed by atoms with Crippen molar-refractivity contribution in [1.82, 2.24) is 14.7 Å². The summed E-state index contributed by atoms with van der Waals surface area (Å²) < 4.78 is 0. The van der Waals surface area contributed by atoms with Crippen molar-refractivity contribution in [3.05, 3.63) is 285 Å². The Balaban J connectivity index is 0.000000167. The molecule has 11 rings (SSSR count). The molecule has 2 heterocycles. The SMILES string of the molecule is C.C[C@@H]1CN(Cc2ccccc2)C[C@@H](c2ccc(Cl)cc2)N1c1ccc(O)cc1.C[C@@H]1CN(c2ccc(O)cc2)[C@H](c2ccc(Cl)cc2)CN1Cc1ccccc1.C[C@H](CO)N(Cc1ccccc1)C[C@H](Nc1ccc(O)cc1)c1ccc(Cl)cc1. The summed E-state index contributed by atoms with van der Waals surface area (Å²) >= 11 is 18.4. The molecule has 0 aromatic heterocycles. The van der Waals surface area contributed by atoms with Crippen LogP contribution in [-0.2, 0) is 19.6 Å². The monoisotopic (exact) mass is 1210 g/mol. The molecule has 448 valence electrons. The first-order valence-corrected chi connectivity index (χ1v) is 30.3. The molecule has 0 bridgehead atoms. The Morgan fingerprint density at radius 1 is 0.488 bits per heavy atom. The summed E-state index contributed by atoms with van der Waals surface area (Å²) in [6.07, 6.45) is 0. The zero-order valence-electron chi connectivity index (χ0n) is 48.5. The molecule has 13 heteroatoms. The maximum atomic E-state index is 9.82. The molecule has 2 aliphatic rings. The van der Waals surface area contributed by atoms with E-state index >= 15 is 0 Å². The third kappa shape index (κ3) is 18.3. The summed E-state index contributed by atoms with van der Waals surface area (Å²) in [5.41, 5.74) is 10.7. The number of phenols is 3. The Morgan fingerprint density at radius 3 is 1.45 bits per heavy atom. The molecule has 0 amide bonds. The molecule has 0 radical (unpaired) electrons. The Hall–Kier alpha value is -7.51. The molecule has 2 fully saturated rings. The molecular formula is C73H81Cl3N6O4. The van der Waals surface area contributed by atoms with Gasteiger partial charge in [0, 0.05) is 103 Å². The molecule has 6 atom stereocenters. The molecule has 9 aromatic carbocycles. The normalized spacial score (nSPS) is 17.7. The van der Waals surface area contributed by atoms with E-state index in [9.17, 15) is 20.4 Å². The summed E-state index contributed by atoms with van der Waals surface area (Å²) in [7, 11) is 0. The van der Waals surface area contributed by atoms with Crippen LogP contribution in [-0.4, -0.2) is 92.6 Å². The van der Waals surface area contributed by atoms with E-state index in [1.165, 1.54) is 27.8 Å². The van der Waals surface area contributed by atoms with E-state index < -0.39 is 0 Å². The quantitative estimate of drug-likeness (QED) is 0.0566. The van der Waals surface area contributed by atoms with E-state index in [1.54, 1.807) is 36.4 Å². The van der Waals surface area contributed by atoms with Gasteiger partial charge in [0.25, 0.3) is 0 Å². The van der Waals surface area contributed by atoms with Crippen molar-refractivity contribution < 1.29 is 20.4 Å². The van der Waals surface area contributed by atoms with Crippen LogP contribution in [0, 0.1) is 0 Å². The maximum Gasteiger partial charge on any atom is 0.115 e. The Morgan fingerprint density at radius 2 is 0.942 bits per heavy atom. The molecular weight excluding hydrogens is 1130 g/mol. The number of hydrogen-bond acceptors (Lipinski definition) is 10. The molecule has 9 aromatic rings. The first kappa shape index (κ1) is 64.5. The molecule has 0 aliphatic carbocycles. The van der Waals surface area contributed by atoms with Crippen LogP contribution in [0.3, 0.4) is 0 Å². The van der Waals surface area contributed by atoms with Crippen LogP contribution in [0.25, 0.3) is 0 Å². The van der Waals surface area contributed by atoms with Crippen molar-refractivity contribution >= 4 is 51.9 Å². The summed E-state index contributed by atoms with van der Waals surface area (Å²) in [6.45, 7) is 13.8. The van der Waals surface area contributed by atoms with Crippen molar-refractivity contribution in [2.24, 2.45) is 0 Å². The number of halogens is 3.